The van der Waals surface area contributed by atoms with Crippen LogP contribution in [0.4, 0.5) is 4.79 Å². The Bertz CT molecular complexity index is 902. The average Bonchev–Trinajstić information content (AvgIpc) is 2.94. The van der Waals surface area contributed by atoms with Gasteiger partial charge in [-0.3, -0.25) is 9.69 Å². The van der Waals surface area contributed by atoms with Crippen LogP contribution in [0, 0.1) is 0 Å². The molecule has 0 aliphatic carbocycles. The quantitative estimate of drug-likeness (QED) is 0.752. The number of benzene rings is 2. The Hall–Kier alpha value is -2.54. The van der Waals surface area contributed by atoms with Crippen LogP contribution < -0.4 is 14.8 Å². The van der Waals surface area contributed by atoms with Crippen LogP contribution in [-0.2, 0) is 16.9 Å². The molecule has 0 aromatic heterocycles. The van der Waals surface area contributed by atoms with Crippen molar-refractivity contribution >= 4 is 27.9 Å². The van der Waals surface area contributed by atoms with Gasteiger partial charge in [-0.15, -0.1) is 0 Å². The molecule has 2 aromatic carbocycles. The predicted molar refractivity (Wildman–Crippen MR) is 103 cm³/mol. The number of fused-ring (bicyclic) bond motifs is 1. The lowest BCUT2D eigenvalue weighted by Crippen LogP contribution is -2.43. The maximum atomic E-state index is 13.2. The molecule has 1 unspecified atom stereocenters. The van der Waals surface area contributed by atoms with Crippen LogP contribution in [0.1, 0.15) is 24.5 Å². The summed E-state index contributed by atoms with van der Waals surface area (Å²) in [6, 6.07) is 12.6. The zero-order valence-corrected chi connectivity index (χ0v) is 16.4. The molecule has 2 aliphatic heterocycles. The number of hydrogen-bond donors (Lipinski definition) is 1. The summed E-state index contributed by atoms with van der Waals surface area (Å²) in [4.78, 5) is 27.2. The predicted octanol–water partition coefficient (Wildman–Crippen LogP) is 3.58. The topological polar surface area (TPSA) is 67.9 Å². The van der Waals surface area contributed by atoms with Crippen LogP contribution in [0.15, 0.2) is 46.9 Å². The maximum Gasteiger partial charge on any atom is 0.325 e. The van der Waals surface area contributed by atoms with Crippen molar-refractivity contribution in [3.8, 4) is 11.5 Å². The smallest absolute Gasteiger partial charge is 0.325 e. The number of amides is 3. The fourth-order valence-corrected chi connectivity index (χ4v) is 3.98. The Balaban J connectivity index is 1.65. The van der Waals surface area contributed by atoms with Crippen molar-refractivity contribution in [1.82, 2.24) is 10.2 Å². The normalized spacial score (nSPS) is 21.3. The summed E-state index contributed by atoms with van der Waals surface area (Å²) in [6.45, 7) is 3.03. The van der Waals surface area contributed by atoms with E-state index in [1.54, 1.807) is 0 Å². The highest BCUT2D eigenvalue weighted by Gasteiger charge is 2.51. The molecule has 2 aliphatic rings. The van der Waals surface area contributed by atoms with E-state index in [4.69, 9.17) is 9.47 Å². The first kappa shape index (κ1) is 17.9. The van der Waals surface area contributed by atoms with E-state index in [2.05, 4.69) is 21.2 Å². The first-order chi connectivity index (χ1) is 13.0. The van der Waals surface area contributed by atoms with Gasteiger partial charge in [0.25, 0.3) is 5.91 Å². The molecule has 1 atom stereocenters. The van der Waals surface area contributed by atoms with E-state index < -0.39 is 11.6 Å². The molecule has 1 saturated heterocycles. The van der Waals surface area contributed by atoms with E-state index in [-0.39, 0.29) is 12.5 Å². The number of hydrogen-bond acceptors (Lipinski definition) is 4. The van der Waals surface area contributed by atoms with Gasteiger partial charge in [-0.2, -0.15) is 0 Å². The molecular formula is C20H19BrN2O4. The molecule has 7 heteroatoms. The van der Waals surface area contributed by atoms with Crippen LogP contribution in [-0.4, -0.2) is 30.1 Å². The zero-order chi connectivity index (χ0) is 19.0. The average molecular weight is 431 g/mol. The Morgan fingerprint density at radius 3 is 2.44 bits per heavy atom. The standard InChI is InChI=1S/C20H19BrN2O4/c1-2-20(14-6-4-3-5-7-14)18(24)23(19(25)22-20)12-13-10-16-17(11-15(13)21)27-9-8-26-16/h3-7,10-11H,2,8-9,12H2,1H3,(H,22,25). The van der Waals surface area contributed by atoms with Gasteiger partial charge in [0, 0.05) is 4.47 Å². The van der Waals surface area contributed by atoms with Crippen molar-refractivity contribution < 1.29 is 19.1 Å². The lowest BCUT2D eigenvalue weighted by Gasteiger charge is -2.26. The van der Waals surface area contributed by atoms with Crippen molar-refractivity contribution in [2.24, 2.45) is 0 Å². The van der Waals surface area contributed by atoms with Gasteiger partial charge in [-0.25, -0.2) is 4.79 Å². The third-order valence-electron chi connectivity index (χ3n) is 5.01. The number of nitrogens with zero attached hydrogens (tertiary/aromatic N) is 1. The molecule has 4 rings (SSSR count). The minimum absolute atomic E-state index is 0.149. The highest BCUT2D eigenvalue weighted by Crippen LogP contribution is 2.38. The number of imide groups is 1. The molecule has 1 fully saturated rings. The highest BCUT2D eigenvalue weighted by atomic mass is 79.9. The summed E-state index contributed by atoms with van der Waals surface area (Å²) < 4.78 is 11.9. The van der Waals surface area contributed by atoms with E-state index in [1.807, 2.05) is 49.4 Å². The minimum Gasteiger partial charge on any atom is -0.486 e. The lowest BCUT2D eigenvalue weighted by atomic mass is 9.87. The Morgan fingerprint density at radius 2 is 1.78 bits per heavy atom. The molecule has 27 heavy (non-hydrogen) atoms. The Kier molecular flexibility index (Phi) is 4.55. The minimum atomic E-state index is -1.03. The molecule has 140 valence electrons. The second kappa shape index (κ2) is 6.88. The SMILES string of the molecule is CCC1(c2ccccc2)NC(=O)N(Cc2cc3c(cc2Br)OCCO3)C1=O. The summed E-state index contributed by atoms with van der Waals surface area (Å²) in [6.07, 6.45) is 0.473. The van der Waals surface area contributed by atoms with Gasteiger partial charge in [0.1, 0.15) is 18.8 Å². The van der Waals surface area contributed by atoms with Gasteiger partial charge in [-0.05, 0) is 29.7 Å². The third-order valence-corrected chi connectivity index (χ3v) is 5.75. The number of nitrogens with one attached hydrogen (secondary N) is 1. The first-order valence-corrected chi connectivity index (χ1v) is 9.62. The van der Waals surface area contributed by atoms with E-state index in [0.717, 1.165) is 15.6 Å². The van der Waals surface area contributed by atoms with Crippen LogP contribution in [0.25, 0.3) is 0 Å². The number of halogens is 1. The van der Waals surface area contributed by atoms with E-state index in [9.17, 15) is 9.59 Å². The molecule has 0 bridgehead atoms. The molecule has 1 N–H and O–H groups in total. The van der Waals surface area contributed by atoms with Crippen LogP contribution in [0.3, 0.4) is 0 Å². The third kappa shape index (κ3) is 2.96. The number of ether oxygens (including phenoxy) is 2. The monoisotopic (exact) mass is 430 g/mol. The number of carbonyl (C=O) groups excluding carboxylic acids is 2. The summed E-state index contributed by atoms with van der Waals surface area (Å²) in [5.41, 5.74) is 0.538. The van der Waals surface area contributed by atoms with Crippen molar-refractivity contribution in [2.45, 2.75) is 25.4 Å². The second-order valence-electron chi connectivity index (χ2n) is 6.53. The Morgan fingerprint density at radius 1 is 1.11 bits per heavy atom. The van der Waals surface area contributed by atoms with Crippen molar-refractivity contribution in [3.05, 3.63) is 58.1 Å². The molecule has 6 nitrogen and oxygen atoms in total. The van der Waals surface area contributed by atoms with E-state index in [0.29, 0.717) is 31.1 Å². The van der Waals surface area contributed by atoms with Gasteiger partial charge in [0.15, 0.2) is 11.5 Å². The Labute approximate surface area is 165 Å². The van der Waals surface area contributed by atoms with Gasteiger partial charge in [0.05, 0.1) is 6.54 Å². The molecular weight excluding hydrogens is 412 g/mol. The molecule has 0 spiro atoms. The van der Waals surface area contributed by atoms with Gasteiger partial charge in [0.2, 0.25) is 0 Å². The molecule has 0 saturated carbocycles. The van der Waals surface area contributed by atoms with Gasteiger partial charge in [-0.1, -0.05) is 53.2 Å². The largest absolute Gasteiger partial charge is 0.486 e. The lowest BCUT2D eigenvalue weighted by molar-refractivity contribution is -0.132. The molecule has 3 amide bonds. The van der Waals surface area contributed by atoms with Crippen molar-refractivity contribution in [2.75, 3.05) is 13.2 Å². The molecule has 0 radical (unpaired) electrons. The van der Waals surface area contributed by atoms with Crippen molar-refractivity contribution in [3.63, 3.8) is 0 Å². The summed E-state index contributed by atoms with van der Waals surface area (Å²) >= 11 is 3.51. The van der Waals surface area contributed by atoms with E-state index in [1.165, 1.54) is 4.90 Å². The maximum absolute atomic E-state index is 13.2. The van der Waals surface area contributed by atoms with Crippen LogP contribution >= 0.6 is 15.9 Å². The number of carbonyl (C=O) groups is 2. The fourth-order valence-electron chi connectivity index (χ4n) is 3.53. The zero-order valence-electron chi connectivity index (χ0n) is 14.8. The fraction of sp³-hybridized carbons (Fsp3) is 0.300. The van der Waals surface area contributed by atoms with Crippen molar-refractivity contribution in [1.29, 1.82) is 0 Å². The van der Waals surface area contributed by atoms with Crippen LogP contribution in [0.5, 0.6) is 11.5 Å². The number of rotatable bonds is 4. The second-order valence-corrected chi connectivity index (χ2v) is 7.39. The molecule has 2 heterocycles. The van der Waals surface area contributed by atoms with Crippen LogP contribution in [0.2, 0.25) is 0 Å². The van der Waals surface area contributed by atoms with E-state index >= 15 is 0 Å². The molecule has 2 aromatic rings. The van der Waals surface area contributed by atoms with Gasteiger partial charge >= 0.3 is 6.03 Å². The highest BCUT2D eigenvalue weighted by molar-refractivity contribution is 9.10. The summed E-state index contributed by atoms with van der Waals surface area (Å²) in [7, 11) is 0. The first-order valence-electron chi connectivity index (χ1n) is 8.83. The summed E-state index contributed by atoms with van der Waals surface area (Å²) in [5.74, 6) is 1.03. The number of urea groups is 1. The van der Waals surface area contributed by atoms with Gasteiger partial charge < -0.3 is 14.8 Å². The summed E-state index contributed by atoms with van der Waals surface area (Å²) in [5, 5.41) is 2.90.